The maximum Gasteiger partial charge on any atom is 0.145 e. The zero-order chi connectivity index (χ0) is 31.6. The highest BCUT2D eigenvalue weighted by Gasteiger charge is 2.16. The van der Waals surface area contributed by atoms with Crippen molar-refractivity contribution < 1.29 is 4.42 Å². The van der Waals surface area contributed by atoms with Crippen LogP contribution < -0.4 is 0 Å². The molecule has 0 aliphatic heterocycles. The van der Waals surface area contributed by atoms with Crippen molar-refractivity contribution >= 4 is 54.6 Å². The standard InChI is InChI=1S/C44H27N3O/c1-2-10-32(11-3-1)47-40-16-8-7-15-39(40)46-44(47)31-24-20-29(21-25-31)28-18-22-30(23-19-28)43-37-27-42-36(34-13-5-9-17-41(34)48-42)26-35(37)33-12-4-6-14-38(33)45-43/h1-27H. The smallest absolute Gasteiger partial charge is 0.145 e. The third kappa shape index (κ3) is 4.16. The van der Waals surface area contributed by atoms with Gasteiger partial charge in [-0.05, 0) is 65.0 Å². The highest BCUT2D eigenvalue weighted by atomic mass is 16.3. The van der Waals surface area contributed by atoms with Crippen LogP contribution in [0.5, 0.6) is 0 Å². The van der Waals surface area contributed by atoms with Crippen molar-refractivity contribution in [2.24, 2.45) is 0 Å². The fourth-order valence-electron chi connectivity index (χ4n) is 7.08. The Balaban J connectivity index is 1.05. The molecule has 7 aromatic carbocycles. The second kappa shape index (κ2) is 10.5. The Morgan fingerprint density at radius 2 is 1.02 bits per heavy atom. The molecule has 0 saturated heterocycles. The molecule has 0 amide bonds. The SMILES string of the molecule is c1ccc(-n2c(-c3ccc(-c4ccc(-c5nc6ccccc6c6cc7c(cc56)oc5ccccc57)cc4)cc3)nc3ccccc32)cc1. The van der Waals surface area contributed by atoms with Crippen LogP contribution in [0.2, 0.25) is 0 Å². The van der Waals surface area contributed by atoms with E-state index < -0.39 is 0 Å². The number of hydrogen-bond acceptors (Lipinski definition) is 3. The van der Waals surface area contributed by atoms with Gasteiger partial charge in [0, 0.05) is 38.4 Å². The van der Waals surface area contributed by atoms with E-state index in [1.165, 1.54) is 5.39 Å². The van der Waals surface area contributed by atoms with E-state index in [1.54, 1.807) is 0 Å². The molecule has 0 unspecified atom stereocenters. The highest BCUT2D eigenvalue weighted by Crippen LogP contribution is 2.39. The largest absolute Gasteiger partial charge is 0.456 e. The first-order valence-corrected chi connectivity index (χ1v) is 16.2. The molecule has 3 heterocycles. The molecule has 4 heteroatoms. The molecule has 4 nitrogen and oxygen atoms in total. The molecule has 0 aliphatic rings. The maximum absolute atomic E-state index is 6.30. The van der Waals surface area contributed by atoms with Crippen molar-refractivity contribution in [3.05, 3.63) is 164 Å². The number of imidazole rings is 1. The predicted octanol–water partition coefficient (Wildman–Crippen LogP) is 11.6. The normalized spacial score (nSPS) is 11.8. The van der Waals surface area contributed by atoms with Gasteiger partial charge in [0.2, 0.25) is 0 Å². The van der Waals surface area contributed by atoms with Gasteiger partial charge in [0.15, 0.2) is 0 Å². The van der Waals surface area contributed by atoms with Crippen LogP contribution in [0.4, 0.5) is 0 Å². The minimum absolute atomic E-state index is 0.875. The topological polar surface area (TPSA) is 43.9 Å². The molecular weight excluding hydrogens is 587 g/mol. The maximum atomic E-state index is 6.30. The van der Waals surface area contributed by atoms with Crippen molar-refractivity contribution in [1.29, 1.82) is 0 Å². The van der Waals surface area contributed by atoms with E-state index in [1.807, 2.05) is 24.3 Å². The molecule has 10 aromatic rings. The number of pyridine rings is 1. The second-order valence-electron chi connectivity index (χ2n) is 12.2. The van der Waals surface area contributed by atoms with Crippen molar-refractivity contribution in [2.45, 2.75) is 0 Å². The molecule has 0 N–H and O–H groups in total. The fraction of sp³-hybridized carbons (Fsp3) is 0. The van der Waals surface area contributed by atoms with Gasteiger partial charge < -0.3 is 4.42 Å². The Bertz CT molecular complexity index is 2810. The van der Waals surface area contributed by atoms with Crippen LogP contribution >= 0.6 is 0 Å². The highest BCUT2D eigenvalue weighted by molar-refractivity contribution is 6.18. The lowest BCUT2D eigenvalue weighted by atomic mass is 9.96. The Kier molecular flexibility index (Phi) is 5.84. The van der Waals surface area contributed by atoms with E-state index in [4.69, 9.17) is 14.4 Å². The summed E-state index contributed by atoms with van der Waals surface area (Å²) >= 11 is 0. The Hall–Kier alpha value is -6.52. The molecule has 10 rings (SSSR count). The summed E-state index contributed by atoms with van der Waals surface area (Å²) in [5.41, 5.74) is 11.3. The van der Waals surface area contributed by atoms with Crippen LogP contribution in [-0.2, 0) is 0 Å². The molecule has 224 valence electrons. The summed E-state index contributed by atoms with van der Waals surface area (Å²) in [5, 5.41) is 5.65. The van der Waals surface area contributed by atoms with Crippen LogP contribution in [0.15, 0.2) is 168 Å². The number of benzene rings is 7. The first-order chi connectivity index (χ1) is 23.8. The molecule has 48 heavy (non-hydrogen) atoms. The van der Waals surface area contributed by atoms with Crippen LogP contribution in [0.3, 0.4) is 0 Å². The van der Waals surface area contributed by atoms with E-state index in [2.05, 4.69) is 144 Å². The van der Waals surface area contributed by atoms with Crippen molar-refractivity contribution in [1.82, 2.24) is 14.5 Å². The summed E-state index contributed by atoms with van der Waals surface area (Å²) in [7, 11) is 0. The number of nitrogens with zero attached hydrogens (tertiary/aromatic N) is 3. The molecule has 0 atom stereocenters. The van der Waals surface area contributed by atoms with Gasteiger partial charge in [0.25, 0.3) is 0 Å². The van der Waals surface area contributed by atoms with E-state index in [0.29, 0.717) is 0 Å². The summed E-state index contributed by atoms with van der Waals surface area (Å²) < 4.78 is 8.53. The van der Waals surface area contributed by atoms with Crippen molar-refractivity contribution in [3.8, 4) is 39.5 Å². The monoisotopic (exact) mass is 613 g/mol. The van der Waals surface area contributed by atoms with Gasteiger partial charge >= 0.3 is 0 Å². The first kappa shape index (κ1) is 26.7. The lowest BCUT2D eigenvalue weighted by Gasteiger charge is -2.12. The molecule has 0 radical (unpaired) electrons. The number of para-hydroxylation sites is 5. The third-order valence-electron chi connectivity index (χ3n) is 9.41. The molecule has 0 fully saturated rings. The molecule has 0 spiro atoms. The summed E-state index contributed by atoms with van der Waals surface area (Å²) in [5.74, 6) is 0.928. The molecule has 0 bridgehead atoms. The fourth-order valence-corrected chi connectivity index (χ4v) is 7.08. The van der Waals surface area contributed by atoms with Gasteiger partial charge in [-0.2, -0.15) is 0 Å². The number of aromatic nitrogens is 3. The predicted molar refractivity (Wildman–Crippen MR) is 197 cm³/mol. The lowest BCUT2D eigenvalue weighted by molar-refractivity contribution is 0.669. The number of fused-ring (bicyclic) bond motifs is 7. The zero-order valence-corrected chi connectivity index (χ0v) is 25.8. The van der Waals surface area contributed by atoms with Gasteiger partial charge in [0.1, 0.15) is 17.0 Å². The second-order valence-corrected chi connectivity index (χ2v) is 12.2. The summed E-state index contributed by atoms with van der Waals surface area (Å²) in [6.45, 7) is 0. The minimum atomic E-state index is 0.875. The average Bonchev–Trinajstić information content (AvgIpc) is 3.73. The van der Waals surface area contributed by atoms with Gasteiger partial charge in [-0.3, -0.25) is 4.57 Å². The quantitative estimate of drug-likeness (QED) is 0.186. The first-order valence-electron chi connectivity index (χ1n) is 16.2. The summed E-state index contributed by atoms with van der Waals surface area (Å²) in [4.78, 5) is 10.2. The Morgan fingerprint density at radius 1 is 0.396 bits per heavy atom. The molecule has 3 aromatic heterocycles. The van der Waals surface area contributed by atoms with E-state index in [-0.39, 0.29) is 0 Å². The Morgan fingerprint density at radius 3 is 1.81 bits per heavy atom. The van der Waals surface area contributed by atoms with Crippen molar-refractivity contribution in [2.75, 3.05) is 0 Å². The number of rotatable bonds is 4. The molecule has 0 saturated carbocycles. The van der Waals surface area contributed by atoms with Crippen LogP contribution in [0.25, 0.3) is 94.1 Å². The average molecular weight is 614 g/mol. The summed E-state index contributed by atoms with van der Waals surface area (Å²) in [6.07, 6.45) is 0. The number of furan rings is 1. The van der Waals surface area contributed by atoms with E-state index >= 15 is 0 Å². The van der Waals surface area contributed by atoms with E-state index in [0.717, 1.165) is 88.7 Å². The Labute approximate surface area is 276 Å². The van der Waals surface area contributed by atoms with Gasteiger partial charge in [-0.15, -0.1) is 0 Å². The van der Waals surface area contributed by atoms with Crippen LogP contribution in [-0.4, -0.2) is 14.5 Å². The lowest BCUT2D eigenvalue weighted by Crippen LogP contribution is -1.97. The summed E-state index contributed by atoms with van der Waals surface area (Å²) in [6, 6.07) is 57.2. The third-order valence-corrected chi connectivity index (χ3v) is 9.41. The number of hydrogen-bond donors (Lipinski definition) is 0. The zero-order valence-electron chi connectivity index (χ0n) is 25.8. The van der Waals surface area contributed by atoms with Gasteiger partial charge in [-0.1, -0.05) is 115 Å². The van der Waals surface area contributed by atoms with Crippen molar-refractivity contribution in [3.63, 3.8) is 0 Å². The van der Waals surface area contributed by atoms with Gasteiger partial charge in [0.05, 0.1) is 22.2 Å². The van der Waals surface area contributed by atoms with Crippen LogP contribution in [0.1, 0.15) is 0 Å². The van der Waals surface area contributed by atoms with E-state index in [9.17, 15) is 0 Å². The minimum Gasteiger partial charge on any atom is -0.456 e. The van der Waals surface area contributed by atoms with Gasteiger partial charge in [-0.25, -0.2) is 9.97 Å². The molecule has 0 aliphatic carbocycles. The molecular formula is C44H27N3O. The van der Waals surface area contributed by atoms with Crippen LogP contribution in [0, 0.1) is 0 Å².